The largest absolute Gasteiger partial charge is 0.458 e. The van der Waals surface area contributed by atoms with E-state index >= 15 is 0 Å². The van der Waals surface area contributed by atoms with E-state index < -0.39 is 0 Å². The van der Waals surface area contributed by atoms with Gasteiger partial charge in [-0.15, -0.1) is 0 Å². The molecule has 2 heteroatoms. The van der Waals surface area contributed by atoms with Crippen molar-refractivity contribution in [3.63, 3.8) is 0 Å². The van der Waals surface area contributed by atoms with Crippen molar-refractivity contribution in [3.05, 3.63) is 12.2 Å². The second-order valence-electron chi connectivity index (χ2n) is 3.84. The third-order valence-corrected chi connectivity index (χ3v) is 2.48. The lowest BCUT2D eigenvalue weighted by molar-refractivity contribution is -0.147. The molecule has 0 bridgehead atoms. The van der Waals surface area contributed by atoms with Crippen LogP contribution in [0.4, 0.5) is 0 Å². The smallest absolute Gasteiger partial charge is 0.306 e. The number of hydrogen-bond donors (Lipinski definition) is 0. The molecule has 0 aliphatic heterocycles. The molecule has 80 valence electrons. The monoisotopic (exact) mass is 196 g/mol. The van der Waals surface area contributed by atoms with E-state index in [1.807, 2.05) is 6.08 Å². The highest BCUT2D eigenvalue weighted by molar-refractivity contribution is 5.69. The average Bonchev–Trinajstić information content (AvgIpc) is 2.20. The van der Waals surface area contributed by atoms with Crippen LogP contribution < -0.4 is 0 Å². The summed E-state index contributed by atoms with van der Waals surface area (Å²) in [5.41, 5.74) is 0. The fraction of sp³-hybridized carbons (Fsp3) is 0.750. The normalized spacial score (nSPS) is 20.8. The highest BCUT2D eigenvalue weighted by Crippen LogP contribution is 2.14. The molecule has 0 heterocycles. The lowest BCUT2D eigenvalue weighted by Gasteiger charge is -2.16. The fourth-order valence-electron chi connectivity index (χ4n) is 1.63. The summed E-state index contributed by atoms with van der Waals surface area (Å²) in [6.45, 7) is 2.13. The zero-order chi connectivity index (χ0) is 10.2. The summed E-state index contributed by atoms with van der Waals surface area (Å²) >= 11 is 0. The first kappa shape index (κ1) is 11.3. The van der Waals surface area contributed by atoms with Crippen LogP contribution >= 0.6 is 0 Å². The Kier molecular flexibility index (Phi) is 5.35. The van der Waals surface area contributed by atoms with Gasteiger partial charge in [0.2, 0.25) is 0 Å². The molecule has 1 aliphatic carbocycles. The van der Waals surface area contributed by atoms with Crippen molar-refractivity contribution in [1.82, 2.24) is 0 Å². The molecule has 1 unspecified atom stereocenters. The summed E-state index contributed by atoms with van der Waals surface area (Å²) in [6, 6.07) is 0. The van der Waals surface area contributed by atoms with Crippen LogP contribution in [0.2, 0.25) is 0 Å². The first-order valence-electron chi connectivity index (χ1n) is 5.69. The third kappa shape index (κ3) is 4.45. The molecule has 0 spiro atoms. The standard InChI is InChI=1S/C12H20O2/c1-2-3-5-10-12(13)14-11-8-6-4-7-9-11/h6,8,11H,2-5,7,9-10H2,1H3. The van der Waals surface area contributed by atoms with Gasteiger partial charge in [0.1, 0.15) is 6.10 Å². The molecule has 0 aromatic rings. The molecule has 0 saturated heterocycles. The van der Waals surface area contributed by atoms with Gasteiger partial charge in [0, 0.05) is 6.42 Å². The number of carbonyl (C=O) groups is 1. The van der Waals surface area contributed by atoms with E-state index in [0.29, 0.717) is 6.42 Å². The molecule has 1 aliphatic rings. The zero-order valence-corrected chi connectivity index (χ0v) is 9.00. The van der Waals surface area contributed by atoms with E-state index in [4.69, 9.17) is 4.74 Å². The highest BCUT2D eigenvalue weighted by atomic mass is 16.5. The van der Waals surface area contributed by atoms with Crippen LogP contribution in [0.5, 0.6) is 0 Å². The molecule has 0 amide bonds. The minimum atomic E-state index is -0.0324. The van der Waals surface area contributed by atoms with Gasteiger partial charge >= 0.3 is 5.97 Å². The predicted octanol–water partition coefficient (Wildman–Crippen LogP) is 3.22. The van der Waals surface area contributed by atoms with Gasteiger partial charge in [-0.25, -0.2) is 0 Å². The third-order valence-electron chi connectivity index (χ3n) is 2.48. The molecular weight excluding hydrogens is 176 g/mol. The maximum atomic E-state index is 11.3. The Morgan fingerprint density at radius 3 is 3.00 bits per heavy atom. The first-order valence-corrected chi connectivity index (χ1v) is 5.69. The van der Waals surface area contributed by atoms with Crippen molar-refractivity contribution in [1.29, 1.82) is 0 Å². The zero-order valence-electron chi connectivity index (χ0n) is 9.00. The van der Waals surface area contributed by atoms with Crippen LogP contribution in [-0.2, 0) is 9.53 Å². The van der Waals surface area contributed by atoms with E-state index in [1.54, 1.807) is 0 Å². The molecule has 0 aromatic heterocycles. The minimum absolute atomic E-state index is 0.0324. The van der Waals surface area contributed by atoms with Gasteiger partial charge in [0.05, 0.1) is 0 Å². The molecule has 0 saturated carbocycles. The summed E-state index contributed by atoms with van der Waals surface area (Å²) in [5.74, 6) is -0.0324. The number of rotatable bonds is 5. The summed E-state index contributed by atoms with van der Waals surface area (Å²) < 4.78 is 5.31. The van der Waals surface area contributed by atoms with Gasteiger partial charge < -0.3 is 4.74 Å². The SMILES string of the molecule is CCCCCC(=O)OC1C=CCCC1. The van der Waals surface area contributed by atoms with E-state index in [2.05, 4.69) is 13.0 Å². The Labute approximate surface area is 86.3 Å². The van der Waals surface area contributed by atoms with Crippen LogP contribution in [0.15, 0.2) is 12.2 Å². The van der Waals surface area contributed by atoms with Gasteiger partial charge in [-0.1, -0.05) is 25.8 Å². The minimum Gasteiger partial charge on any atom is -0.458 e. The predicted molar refractivity (Wildman–Crippen MR) is 57.0 cm³/mol. The summed E-state index contributed by atoms with van der Waals surface area (Å²) in [4.78, 5) is 11.3. The molecule has 0 N–H and O–H groups in total. The molecule has 0 fully saturated rings. The highest BCUT2D eigenvalue weighted by Gasteiger charge is 2.12. The maximum absolute atomic E-state index is 11.3. The molecule has 2 nitrogen and oxygen atoms in total. The maximum Gasteiger partial charge on any atom is 0.306 e. The van der Waals surface area contributed by atoms with E-state index in [0.717, 1.165) is 38.5 Å². The van der Waals surface area contributed by atoms with E-state index in [9.17, 15) is 4.79 Å². The van der Waals surface area contributed by atoms with E-state index in [-0.39, 0.29) is 12.1 Å². The van der Waals surface area contributed by atoms with Crippen LogP contribution in [0, 0.1) is 0 Å². The van der Waals surface area contributed by atoms with Gasteiger partial charge in [-0.05, 0) is 31.8 Å². The Morgan fingerprint density at radius 2 is 2.36 bits per heavy atom. The van der Waals surface area contributed by atoms with Crippen LogP contribution in [-0.4, -0.2) is 12.1 Å². The van der Waals surface area contributed by atoms with Gasteiger partial charge in [0.15, 0.2) is 0 Å². The van der Waals surface area contributed by atoms with Gasteiger partial charge in [-0.3, -0.25) is 4.79 Å². The number of ether oxygens (including phenoxy) is 1. The second kappa shape index (κ2) is 6.63. The van der Waals surface area contributed by atoms with Crippen molar-refractivity contribution in [2.75, 3.05) is 0 Å². The second-order valence-corrected chi connectivity index (χ2v) is 3.84. The Balaban J connectivity index is 2.12. The van der Waals surface area contributed by atoms with Crippen molar-refractivity contribution < 1.29 is 9.53 Å². The molecule has 1 rings (SSSR count). The molecule has 0 radical (unpaired) electrons. The lowest BCUT2D eigenvalue weighted by atomic mass is 10.1. The van der Waals surface area contributed by atoms with Gasteiger partial charge in [0.25, 0.3) is 0 Å². The summed E-state index contributed by atoms with van der Waals surface area (Å²) in [6.07, 6.45) is 11.3. The number of hydrogen-bond acceptors (Lipinski definition) is 2. The molecular formula is C12H20O2. The Bertz CT molecular complexity index is 196. The summed E-state index contributed by atoms with van der Waals surface area (Å²) in [5, 5.41) is 0. The van der Waals surface area contributed by atoms with E-state index in [1.165, 1.54) is 0 Å². The van der Waals surface area contributed by atoms with Crippen molar-refractivity contribution in [3.8, 4) is 0 Å². The van der Waals surface area contributed by atoms with Crippen LogP contribution in [0.3, 0.4) is 0 Å². The number of esters is 1. The van der Waals surface area contributed by atoms with Crippen molar-refractivity contribution in [2.45, 2.75) is 58.0 Å². The molecule has 14 heavy (non-hydrogen) atoms. The van der Waals surface area contributed by atoms with Gasteiger partial charge in [-0.2, -0.15) is 0 Å². The van der Waals surface area contributed by atoms with Crippen LogP contribution in [0.25, 0.3) is 0 Å². The molecule has 1 atom stereocenters. The molecule has 0 aromatic carbocycles. The number of carbonyl (C=O) groups excluding carboxylic acids is 1. The topological polar surface area (TPSA) is 26.3 Å². The number of unbranched alkanes of at least 4 members (excludes halogenated alkanes) is 2. The number of allylic oxidation sites excluding steroid dienone is 1. The van der Waals surface area contributed by atoms with Crippen molar-refractivity contribution >= 4 is 5.97 Å². The average molecular weight is 196 g/mol. The quantitative estimate of drug-likeness (QED) is 0.383. The Morgan fingerprint density at radius 1 is 1.50 bits per heavy atom. The fourth-order valence-corrected chi connectivity index (χ4v) is 1.63. The first-order chi connectivity index (χ1) is 6.83. The van der Waals surface area contributed by atoms with Crippen molar-refractivity contribution in [2.24, 2.45) is 0 Å². The summed E-state index contributed by atoms with van der Waals surface area (Å²) in [7, 11) is 0. The van der Waals surface area contributed by atoms with Crippen LogP contribution in [0.1, 0.15) is 51.9 Å². The Hall–Kier alpha value is -0.790. The lowest BCUT2D eigenvalue weighted by Crippen LogP contribution is -2.17.